The predicted molar refractivity (Wildman–Crippen MR) is 85.9 cm³/mol. The number of hydrogen-bond donors (Lipinski definition) is 1. The SMILES string of the molecule is O[C@H]1CN(c2ncc(Cl)cn2)CC[C@H]1COc1cnc(Cl)nc1. The Labute approximate surface area is 143 Å². The van der Waals surface area contributed by atoms with Crippen LogP contribution in [0.5, 0.6) is 5.75 Å². The van der Waals surface area contributed by atoms with Gasteiger partial charge in [0.2, 0.25) is 11.2 Å². The van der Waals surface area contributed by atoms with Crippen LogP contribution in [0.25, 0.3) is 0 Å². The van der Waals surface area contributed by atoms with Gasteiger partial charge in [-0.2, -0.15) is 0 Å². The highest BCUT2D eigenvalue weighted by atomic mass is 35.5. The van der Waals surface area contributed by atoms with E-state index in [1.807, 2.05) is 4.90 Å². The minimum atomic E-state index is -0.531. The first kappa shape index (κ1) is 16.2. The zero-order chi connectivity index (χ0) is 16.2. The van der Waals surface area contributed by atoms with Crippen molar-refractivity contribution in [1.82, 2.24) is 19.9 Å². The summed E-state index contributed by atoms with van der Waals surface area (Å²) in [5, 5.41) is 11.0. The zero-order valence-corrected chi connectivity index (χ0v) is 13.7. The fourth-order valence-electron chi connectivity index (χ4n) is 2.40. The van der Waals surface area contributed by atoms with Gasteiger partial charge in [-0.1, -0.05) is 11.6 Å². The molecule has 1 saturated heterocycles. The average Bonchev–Trinajstić information content (AvgIpc) is 2.56. The third-order valence-electron chi connectivity index (χ3n) is 3.67. The maximum absolute atomic E-state index is 10.3. The van der Waals surface area contributed by atoms with Gasteiger partial charge in [-0.05, 0) is 18.0 Å². The Morgan fingerprint density at radius 3 is 2.48 bits per heavy atom. The van der Waals surface area contributed by atoms with E-state index in [2.05, 4.69) is 19.9 Å². The molecule has 1 fully saturated rings. The van der Waals surface area contributed by atoms with Crippen LogP contribution >= 0.6 is 23.2 Å². The van der Waals surface area contributed by atoms with Crippen molar-refractivity contribution in [3.05, 3.63) is 35.1 Å². The molecule has 2 aromatic rings. The van der Waals surface area contributed by atoms with E-state index >= 15 is 0 Å². The number of hydrogen-bond acceptors (Lipinski definition) is 7. The van der Waals surface area contributed by atoms with E-state index in [-0.39, 0.29) is 11.2 Å². The van der Waals surface area contributed by atoms with Crippen LogP contribution < -0.4 is 9.64 Å². The Morgan fingerprint density at radius 1 is 1.13 bits per heavy atom. The Morgan fingerprint density at radius 2 is 1.83 bits per heavy atom. The molecule has 3 rings (SSSR count). The Hall–Kier alpha value is -1.70. The molecular formula is C14H15Cl2N5O2. The number of piperidine rings is 1. The van der Waals surface area contributed by atoms with Crippen molar-refractivity contribution in [2.45, 2.75) is 12.5 Å². The van der Waals surface area contributed by atoms with E-state index < -0.39 is 6.10 Å². The first-order valence-corrected chi connectivity index (χ1v) is 7.88. The molecule has 2 atom stereocenters. The van der Waals surface area contributed by atoms with Crippen LogP contribution in [0.4, 0.5) is 5.95 Å². The second-order valence-corrected chi connectivity index (χ2v) is 6.04. The molecule has 9 heteroatoms. The molecule has 0 spiro atoms. The summed E-state index contributed by atoms with van der Waals surface area (Å²) in [6, 6.07) is 0. The molecule has 0 aromatic carbocycles. The van der Waals surface area contributed by atoms with E-state index in [1.54, 1.807) is 12.4 Å². The van der Waals surface area contributed by atoms with Gasteiger partial charge in [0.05, 0.1) is 42.5 Å². The molecule has 0 saturated carbocycles. The highest BCUT2D eigenvalue weighted by Crippen LogP contribution is 2.22. The molecule has 1 N–H and O–H groups in total. The smallest absolute Gasteiger partial charge is 0.225 e. The second-order valence-electron chi connectivity index (χ2n) is 5.26. The van der Waals surface area contributed by atoms with Crippen LogP contribution in [0.15, 0.2) is 24.8 Å². The zero-order valence-electron chi connectivity index (χ0n) is 12.1. The van der Waals surface area contributed by atoms with Crippen LogP contribution in [-0.2, 0) is 0 Å². The summed E-state index contributed by atoms with van der Waals surface area (Å²) in [4.78, 5) is 18.0. The van der Waals surface area contributed by atoms with Gasteiger partial charge in [0.25, 0.3) is 0 Å². The number of β-amino-alcohol motifs (C(OH)–C–C–N with tert-alkyl or cyclic N) is 1. The number of anilines is 1. The van der Waals surface area contributed by atoms with Gasteiger partial charge in [-0.15, -0.1) is 0 Å². The number of aliphatic hydroxyl groups is 1. The average molecular weight is 356 g/mol. The maximum Gasteiger partial charge on any atom is 0.225 e. The lowest BCUT2D eigenvalue weighted by molar-refractivity contribution is 0.0611. The van der Waals surface area contributed by atoms with Crippen molar-refractivity contribution < 1.29 is 9.84 Å². The lowest BCUT2D eigenvalue weighted by Crippen LogP contribution is -2.46. The fourth-order valence-corrected chi connectivity index (χ4v) is 2.60. The van der Waals surface area contributed by atoms with Crippen molar-refractivity contribution in [3.8, 4) is 5.75 Å². The molecule has 2 aromatic heterocycles. The lowest BCUT2D eigenvalue weighted by Gasteiger charge is -2.35. The van der Waals surface area contributed by atoms with Crippen LogP contribution in [-0.4, -0.2) is 50.8 Å². The van der Waals surface area contributed by atoms with Gasteiger partial charge < -0.3 is 14.7 Å². The molecule has 3 heterocycles. The molecule has 122 valence electrons. The van der Waals surface area contributed by atoms with E-state index in [0.29, 0.717) is 29.9 Å². The van der Waals surface area contributed by atoms with Gasteiger partial charge in [-0.3, -0.25) is 0 Å². The van der Waals surface area contributed by atoms with Crippen molar-refractivity contribution in [3.63, 3.8) is 0 Å². The molecule has 0 aliphatic carbocycles. The summed E-state index contributed by atoms with van der Waals surface area (Å²) in [7, 11) is 0. The molecule has 0 bridgehead atoms. The minimum absolute atomic E-state index is 0.0224. The van der Waals surface area contributed by atoms with E-state index in [9.17, 15) is 5.11 Å². The monoisotopic (exact) mass is 355 g/mol. The van der Waals surface area contributed by atoms with Gasteiger partial charge in [0.15, 0.2) is 5.75 Å². The van der Waals surface area contributed by atoms with Crippen molar-refractivity contribution in [2.24, 2.45) is 5.92 Å². The second kappa shape index (κ2) is 7.25. The highest BCUT2D eigenvalue weighted by molar-refractivity contribution is 6.30. The van der Waals surface area contributed by atoms with E-state index in [4.69, 9.17) is 27.9 Å². The summed E-state index contributed by atoms with van der Waals surface area (Å²) in [5.74, 6) is 1.12. The summed E-state index contributed by atoms with van der Waals surface area (Å²) in [5.41, 5.74) is 0. The standard InChI is InChI=1S/C14H15Cl2N5O2/c15-10-3-19-14(20-4-10)21-2-1-9(12(22)7-21)8-23-11-5-17-13(16)18-6-11/h3-6,9,12,22H,1-2,7-8H2/t9-,12-/m0/s1. The summed E-state index contributed by atoms with van der Waals surface area (Å²) in [6.07, 6.45) is 6.35. The van der Waals surface area contributed by atoms with Gasteiger partial charge in [0, 0.05) is 19.0 Å². The van der Waals surface area contributed by atoms with Crippen LogP contribution in [0.3, 0.4) is 0 Å². The molecule has 7 nitrogen and oxygen atoms in total. The van der Waals surface area contributed by atoms with Crippen LogP contribution in [0.2, 0.25) is 10.3 Å². The topological polar surface area (TPSA) is 84.3 Å². The molecule has 0 unspecified atom stereocenters. The third kappa shape index (κ3) is 4.19. The summed E-state index contributed by atoms with van der Waals surface area (Å²) in [6.45, 7) is 1.58. The number of halogens is 2. The molecule has 0 radical (unpaired) electrons. The van der Waals surface area contributed by atoms with Crippen molar-refractivity contribution in [2.75, 3.05) is 24.6 Å². The van der Waals surface area contributed by atoms with Gasteiger partial charge in [0.1, 0.15) is 0 Å². The number of rotatable bonds is 4. The molecule has 1 aliphatic rings. The third-order valence-corrected chi connectivity index (χ3v) is 4.06. The number of aliphatic hydroxyl groups excluding tert-OH is 1. The lowest BCUT2D eigenvalue weighted by atomic mass is 9.95. The fraction of sp³-hybridized carbons (Fsp3) is 0.429. The quantitative estimate of drug-likeness (QED) is 0.837. The first-order chi connectivity index (χ1) is 11.1. The highest BCUT2D eigenvalue weighted by Gasteiger charge is 2.29. The first-order valence-electron chi connectivity index (χ1n) is 7.13. The molecule has 1 aliphatic heterocycles. The maximum atomic E-state index is 10.3. The Bertz CT molecular complexity index is 641. The largest absolute Gasteiger partial charge is 0.490 e. The van der Waals surface area contributed by atoms with E-state index in [1.165, 1.54) is 12.4 Å². The minimum Gasteiger partial charge on any atom is -0.490 e. The van der Waals surface area contributed by atoms with Crippen molar-refractivity contribution in [1.29, 1.82) is 0 Å². The summed E-state index contributed by atoms with van der Waals surface area (Å²) < 4.78 is 5.62. The molecule has 0 amide bonds. The molecular weight excluding hydrogens is 341 g/mol. The number of nitrogens with zero attached hydrogens (tertiary/aromatic N) is 5. The predicted octanol–water partition coefficient (Wildman–Crippen LogP) is 1.84. The van der Waals surface area contributed by atoms with Gasteiger partial charge in [-0.25, -0.2) is 19.9 Å². The summed E-state index contributed by atoms with van der Waals surface area (Å²) >= 11 is 11.4. The Balaban J connectivity index is 1.54. The van der Waals surface area contributed by atoms with Crippen molar-refractivity contribution >= 4 is 29.2 Å². The number of ether oxygens (including phenoxy) is 1. The Kier molecular flexibility index (Phi) is 5.09. The molecule has 23 heavy (non-hydrogen) atoms. The van der Waals surface area contributed by atoms with Crippen LogP contribution in [0, 0.1) is 5.92 Å². The van der Waals surface area contributed by atoms with E-state index in [0.717, 1.165) is 13.0 Å². The van der Waals surface area contributed by atoms with Gasteiger partial charge >= 0.3 is 0 Å². The number of aromatic nitrogens is 4. The van der Waals surface area contributed by atoms with Crippen LogP contribution in [0.1, 0.15) is 6.42 Å². The normalized spacial score (nSPS) is 21.3.